The van der Waals surface area contributed by atoms with Gasteiger partial charge in [-0.15, -0.1) is 0 Å². The first-order valence-electron chi connectivity index (χ1n) is 7.79. The van der Waals surface area contributed by atoms with Gasteiger partial charge >= 0.3 is 0 Å². The minimum atomic E-state index is 0.226. The van der Waals surface area contributed by atoms with Crippen LogP contribution in [-0.4, -0.2) is 5.78 Å². The maximum atomic E-state index is 12.2. The van der Waals surface area contributed by atoms with E-state index in [0.717, 1.165) is 18.8 Å². The van der Waals surface area contributed by atoms with Crippen molar-refractivity contribution < 1.29 is 4.79 Å². The predicted octanol–water partition coefficient (Wildman–Crippen LogP) is 4.60. The first-order valence-corrected chi connectivity index (χ1v) is 7.79. The summed E-state index contributed by atoms with van der Waals surface area (Å²) in [6.45, 7) is 9.60. The number of hydrogen-bond donors (Lipinski definition) is 0. The number of ketones is 1. The highest BCUT2D eigenvalue weighted by Crippen LogP contribution is 2.68. The lowest BCUT2D eigenvalue weighted by Crippen LogP contribution is -2.52. The summed E-state index contributed by atoms with van der Waals surface area (Å²) in [7, 11) is 0. The summed E-state index contributed by atoms with van der Waals surface area (Å²) < 4.78 is 0. The number of rotatable bonds is 0. The van der Waals surface area contributed by atoms with E-state index in [2.05, 4.69) is 27.7 Å². The molecule has 0 aromatic carbocycles. The van der Waals surface area contributed by atoms with Gasteiger partial charge in [0.15, 0.2) is 0 Å². The van der Waals surface area contributed by atoms with Crippen molar-refractivity contribution in [3.05, 3.63) is 0 Å². The van der Waals surface area contributed by atoms with Crippen LogP contribution in [0.4, 0.5) is 0 Å². The van der Waals surface area contributed by atoms with Crippen molar-refractivity contribution in [2.45, 2.75) is 72.6 Å². The Balaban J connectivity index is 2.10. The molecule has 0 heterocycles. The number of fused-ring (bicyclic) bond motifs is 1. The van der Waals surface area contributed by atoms with E-state index < -0.39 is 0 Å². The molecular weight excluding hydrogens is 220 g/mol. The summed E-state index contributed by atoms with van der Waals surface area (Å²) in [5.74, 6) is 2.10. The molecule has 1 spiro atoms. The van der Waals surface area contributed by atoms with E-state index >= 15 is 0 Å². The Morgan fingerprint density at radius 3 is 2.44 bits per heavy atom. The van der Waals surface area contributed by atoms with Gasteiger partial charge in [-0.3, -0.25) is 4.79 Å². The third kappa shape index (κ3) is 1.55. The fourth-order valence-electron chi connectivity index (χ4n) is 5.77. The smallest absolute Gasteiger partial charge is 0.133 e. The second-order valence-corrected chi connectivity index (χ2v) is 8.65. The predicted molar refractivity (Wildman–Crippen MR) is 74.3 cm³/mol. The summed E-state index contributed by atoms with van der Waals surface area (Å²) in [6, 6.07) is 0. The van der Waals surface area contributed by atoms with Gasteiger partial charge in [0.25, 0.3) is 0 Å². The molecule has 102 valence electrons. The normalized spacial score (nSPS) is 45.4. The monoisotopic (exact) mass is 248 g/mol. The number of Topliss-reactive ketones (excluding diaryl/α,β-unsaturated/α-hetero) is 1. The molecule has 0 radical (unpaired) electrons. The first-order chi connectivity index (χ1) is 8.27. The van der Waals surface area contributed by atoms with E-state index in [9.17, 15) is 4.79 Å². The fourth-order valence-corrected chi connectivity index (χ4v) is 5.77. The molecule has 0 aromatic heterocycles. The number of carbonyl (C=O) groups is 1. The maximum Gasteiger partial charge on any atom is 0.133 e. The van der Waals surface area contributed by atoms with E-state index in [0.29, 0.717) is 22.5 Å². The zero-order valence-corrected chi connectivity index (χ0v) is 12.5. The topological polar surface area (TPSA) is 17.1 Å². The molecular formula is C17H28O. The van der Waals surface area contributed by atoms with Crippen LogP contribution in [0.3, 0.4) is 0 Å². The molecule has 3 rings (SSSR count). The standard InChI is InChI=1S/C17H28O/c1-15(2)7-5-12-6-8-17(10-12)14(15)9-13(18)11-16(17,3)4/h12,14H,5-11H2,1-4H3/t12?,14?,17-/m0/s1. The second kappa shape index (κ2) is 3.61. The average Bonchev–Trinajstić information content (AvgIpc) is 2.62. The van der Waals surface area contributed by atoms with E-state index in [1.807, 2.05) is 0 Å². The van der Waals surface area contributed by atoms with Crippen molar-refractivity contribution in [2.24, 2.45) is 28.1 Å². The van der Waals surface area contributed by atoms with Gasteiger partial charge in [0.2, 0.25) is 0 Å². The van der Waals surface area contributed by atoms with Gasteiger partial charge < -0.3 is 0 Å². The van der Waals surface area contributed by atoms with Gasteiger partial charge in [-0.1, -0.05) is 27.7 Å². The van der Waals surface area contributed by atoms with Gasteiger partial charge in [-0.25, -0.2) is 0 Å². The van der Waals surface area contributed by atoms with E-state index in [1.54, 1.807) is 0 Å². The fraction of sp³-hybridized carbons (Fsp3) is 0.941. The molecule has 0 amide bonds. The number of hydrogen-bond acceptors (Lipinski definition) is 1. The Hall–Kier alpha value is -0.330. The highest BCUT2D eigenvalue weighted by atomic mass is 16.1. The molecule has 0 aromatic rings. The molecule has 3 aliphatic rings. The largest absolute Gasteiger partial charge is 0.300 e. The Bertz CT molecular complexity index is 379. The molecule has 3 fully saturated rings. The Morgan fingerprint density at radius 1 is 1.06 bits per heavy atom. The average molecular weight is 248 g/mol. The minimum Gasteiger partial charge on any atom is -0.300 e. The third-order valence-electron chi connectivity index (χ3n) is 6.88. The van der Waals surface area contributed by atoms with E-state index in [-0.39, 0.29) is 5.41 Å². The quantitative estimate of drug-likeness (QED) is 0.612. The molecule has 0 aliphatic heterocycles. The first kappa shape index (κ1) is 12.7. The Kier molecular flexibility index (Phi) is 2.55. The molecule has 0 saturated heterocycles. The molecule has 1 nitrogen and oxygen atoms in total. The summed E-state index contributed by atoms with van der Waals surface area (Å²) >= 11 is 0. The van der Waals surface area contributed by atoms with Gasteiger partial charge in [-0.05, 0) is 60.2 Å². The molecule has 18 heavy (non-hydrogen) atoms. The van der Waals surface area contributed by atoms with Crippen LogP contribution in [0.25, 0.3) is 0 Å². The summed E-state index contributed by atoms with van der Waals surface area (Å²) in [4.78, 5) is 12.2. The van der Waals surface area contributed by atoms with Crippen molar-refractivity contribution in [3.63, 3.8) is 0 Å². The van der Waals surface area contributed by atoms with Crippen LogP contribution in [0.1, 0.15) is 72.6 Å². The molecule has 3 saturated carbocycles. The lowest BCUT2D eigenvalue weighted by Gasteiger charge is -2.57. The molecule has 3 atom stereocenters. The highest BCUT2D eigenvalue weighted by molar-refractivity contribution is 5.80. The van der Waals surface area contributed by atoms with Crippen molar-refractivity contribution in [1.29, 1.82) is 0 Å². The van der Waals surface area contributed by atoms with Gasteiger partial charge in [0.05, 0.1) is 0 Å². The summed E-state index contributed by atoms with van der Waals surface area (Å²) in [5, 5.41) is 0. The van der Waals surface area contributed by atoms with E-state index in [1.165, 1.54) is 32.1 Å². The molecule has 2 bridgehead atoms. The van der Waals surface area contributed by atoms with Crippen LogP contribution in [0.15, 0.2) is 0 Å². The van der Waals surface area contributed by atoms with Gasteiger partial charge in [0, 0.05) is 12.8 Å². The lowest BCUT2D eigenvalue weighted by atomic mass is 9.47. The zero-order valence-electron chi connectivity index (χ0n) is 12.5. The van der Waals surface area contributed by atoms with Crippen LogP contribution < -0.4 is 0 Å². The molecule has 3 aliphatic carbocycles. The van der Waals surface area contributed by atoms with Crippen LogP contribution in [0.5, 0.6) is 0 Å². The molecule has 0 N–H and O–H groups in total. The van der Waals surface area contributed by atoms with E-state index in [4.69, 9.17) is 0 Å². The SMILES string of the molecule is CC1(C)CCC2CC[C@]3(C2)C1CC(=O)CC3(C)C. The lowest BCUT2D eigenvalue weighted by molar-refractivity contribution is -0.143. The zero-order chi connectivity index (χ0) is 13.2. The minimum absolute atomic E-state index is 0.226. The maximum absolute atomic E-state index is 12.2. The number of carbonyl (C=O) groups excluding carboxylic acids is 1. The van der Waals surface area contributed by atoms with Crippen molar-refractivity contribution in [3.8, 4) is 0 Å². The van der Waals surface area contributed by atoms with Gasteiger partial charge in [0.1, 0.15) is 5.78 Å². The van der Waals surface area contributed by atoms with Crippen molar-refractivity contribution in [1.82, 2.24) is 0 Å². The highest BCUT2D eigenvalue weighted by Gasteiger charge is 2.61. The third-order valence-corrected chi connectivity index (χ3v) is 6.88. The van der Waals surface area contributed by atoms with Crippen molar-refractivity contribution in [2.75, 3.05) is 0 Å². The van der Waals surface area contributed by atoms with Gasteiger partial charge in [-0.2, -0.15) is 0 Å². The van der Waals surface area contributed by atoms with Crippen LogP contribution in [0, 0.1) is 28.1 Å². The molecule has 1 heteroatoms. The van der Waals surface area contributed by atoms with Crippen LogP contribution in [0.2, 0.25) is 0 Å². The summed E-state index contributed by atoms with van der Waals surface area (Å²) in [6.07, 6.45) is 8.62. The summed E-state index contributed by atoms with van der Waals surface area (Å²) in [5.41, 5.74) is 1.05. The van der Waals surface area contributed by atoms with Crippen molar-refractivity contribution >= 4 is 5.78 Å². The Morgan fingerprint density at radius 2 is 1.72 bits per heavy atom. The van der Waals surface area contributed by atoms with Crippen LogP contribution in [-0.2, 0) is 4.79 Å². The second-order valence-electron chi connectivity index (χ2n) is 8.65. The van der Waals surface area contributed by atoms with Crippen LogP contribution >= 0.6 is 0 Å². The molecule has 2 unspecified atom stereocenters. The Labute approximate surface area is 112 Å².